The summed E-state index contributed by atoms with van der Waals surface area (Å²) in [5, 5.41) is 50.2. The quantitative estimate of drug-likeness (QED) is 0.00758. The monoisotopic (exact) mass is 1980 g/mol. The van der Waals surface area contributed by atoms with Gasteiger partial charge in [-0.05, 0) is 34.5 Å². The summed E-state index contributed by atoms with van der Waals surface area (Å²) in [4.78, 5) is 142. The summed E-state index contributed by atoms with van der Waals surface area (Å²) in [6, 6.07) is 34.1. The van der Waals surface area contributed by atoms with Crippen LogP contribution in [0.2, 0.25) is 13.0 Å². The molecule has 4 aromatic carbocycles. The number of β-lactam (4-membered cyclic amide) rings is 3. The van der Waals surface area contributed by atoms with E-state index in [1.54, 1.807) is 0 Å². The van der Waals surface area contributed by atoms with Crippen LogP contribution in [-0.4, -0.2) is 211 Å². The van der Waals surface area contributed by atoms with Gasteiger partial charge in [-0.1, -0.05) is 264 Å². The zero-order valence-electron chi connectivity index (χ0n) is 62.7. The largest absolute Gasteiger partial charge is 0.477 e. The lowest BCUT2D eigenvalue weighted by molar-refractivity contribution is -0.154. The number of hydrogen-bond acceptors (Lipinski definition) is 41. The van der Waals surface area contributed by atoms with Crippen LogP contribution in [0.4, 0.5) is 30.8 Å². The number of aliphatic imine (C=N–C) groups is 2. The van der Waals surface area contributed by atoms with Crippen LogP contribution < -0.4 is 50.4 Å². The smallest absolute Gasteiger partial charge is 0.357 e. The standard InChI is InChI=1S/C28H23ClN8O4S4.C26H21Cl2N5O4S2.C14H11ClN8O6S4.C2H3N3S2/c1-32-17(16-21(29)44-26(30)34-16)22(38)33-18-23(39)37-19(15(12-42-24(18)37)43-28-36-35-27(31)45-28)25(40)41-20(13-8-4-2-5-9-13)14-10-6-3-7-11-14;1-30-17(16-21(28)39-26(29)32-16)22(34)31-18-23(35)33-19(15(27)12-38-24(18)33)25(36)37-20(13-8-4-2-5-9-13)14-10-6-3-7-11-14;15-7-3(19-12(16)31-7)4(22-28)8(24)18-5-9(25)23-6(11(26)27)2(1-33(29)10(5)23)30-14-21-20-13(17)32-14;3-1-4-5-2(6)7-1/h2-11,18,20,24H,12H2,1H3,(H2,30,34)(H2,31,35)(H,33,38);2-11,18,20,24H,12H2,1H3,(H2,29,32)(H,31,34);5,10,28H,1H2,(H2,16,19)(H2,17,20)(H,18,24)(H,26,27);(H2,3,4)(H,5,6)/b;;22-4-;/t2*18-,24?;5-,10?,33+;/m111./s1. The third-order valence-corrected chi connectivity index (χ3v) is 30.6. The van der Waals surface area contributed by atoms with Crippen LogP contribution in [-0.2, 0) is 63.4 Å². The fraction of sp³-hybridized carbons (Fsp3) is 0.186. The highest BCUT2D eigenvalue weighted by Crippen LogP contribution is 2.49. The zero-order chi connectivity index (χ0) is 88.6. The lowest BCUT2D eigenvalue weighted by Gasteiger charge is -2.49. The average molecular weight is 1990 g/mol. The molecule has 0 bridgehead atoms. The number of nitrogen functional groups attached to an aromatic ring is 6. The van der Waals surface area contributed by atoms with Crippen LogP contribution in [0.5, 0.6) is 0 Å². The predicted octanol–water partition coefficient (Wildman–Crippen LogP) is 8.23. The van der Waals surface area contributed by atoms with Crippen LogP contribution in [0.25, 0.3) is 0 Å². The summed E-state index contributed by atoms with van der Waals surface area (Å²) >= 11 is 40.5. The molecule has 16 rings (SSSR count). The summed E-state index contributed by atoms with van der Waals surface area (Å²) in [6.07, 6.45) is -1.45. The lowest BCUT2D eigenvalue weighted by Crippen LogP contribution is -2.73. The van der Waals surface area contributed by atoms with Crippen LogP contribution in [0.1, 0.15) is 51.5 Å². The Kier molecular flexibility index (Phi) is 29.5. The van der Waals surface area contributed by atoms with E-state index in [2.05, 4.69) is 88.9 Å². The minimum atomic E-state index is -1.78. The number of benzene rings is 4. The fourth-order valence-corrected chi connectivity index (χ4v) is 24.4. The van der Waals surface area contributed by atoms with Gasteiger partial charge in [-0.15, -0.1) is 49.0 Å². The molecule has 38 nitrogen and oxygen atoms in total. The van der Waals surface area contributed by atoms with Crippen molar-refractivity contribution >= 4 is 286 Å². The molecule has 0 aliphatic carbocycles. The molecule has 124 heavy (non-hydrogen) atoms. The number of rotatable bonds is 22. The number of carbonyl (C=O) groups is 9. The number of anilines is 6. The molecule has 6 amide bonds. The number of fused-ring (bicyclic) bond motifs is 3. The molecule has 6 aliphatic rings. The first-order valence-electron chi connectivity index (χ1n) is 34.9. The number of aromatic amines is 1. The number of amides is 6. The molecule has 6 aliphatic heterocycles. The number of thioether (sulfide) groups is 4. The topological polar surface area (TPSA) is 588 Å². The van der Waals surface area contributed by atoms with E-state index in [0.717, 1.165) is 95.6 Å². The number of aliphatic carboxylic acids is 1. The van der Waals surface area contributed by atoms with E-state index in [4.69, 9.17) is 90.3 Å². The van der Waals surface area contributed by atoms with Crippen molar-refractivity contribution in [3.63, 3.8) is 0 Å². The first-order valence-corrected chi connectivity index (χ1v) is 46.9. The average Bonchev–Trinajstić information content (AvgIpc) is 0.898. The maximum atomic E-state index is 14.1. The molecule has 3 saturated heterocycles. The lowest BCUT2D eigenvalue weighted by atomic mass is 10.0. The summed E-state index contributed by atoms with van der Waals surface area (Å²) in [5.41, 5.74) is 35.5. The Morgan fingerprint density at radius 3 is 1.27 bits per heavy atom. The minimum absolute atomic E-state index is 0.0154. The maximum absolute atomic E-state index is 14.1. The second-order valence-electron chi connectivity index (χ2n) is 25.2. The number of aromatic nitrogens is 9. The number of carbonyl (C=O) groups excluding carboxylic acids is 8. The van der Waals surface area contributed by atoms with Gasteiger partial charge in [-0.3, -0.25) is 62.8 Å². The molecule has 0 radical (unpaired) electrons. The molecule has 642 valence electrons. The zero-order valence-corrected chi connectivity index (χ0v) is 75.5. The van der Waals surface area contributed by atoms with Gasteiger partial charge in [0.1, 0.15) is 81.4 Å². The second-order valence-corrected chi connectivity index (χ2v) is 40.7. The Morgan fingerprint density at radius 2 is 0.911 bits per heavy atom. The van der Waals surface area contributed by atoms with Crippen LogP contribution in [0.3, 0.4) is 0 Å². The number of halogens is 4. The number of carboxylic acids is 1. The number of carboxylic acid groups (broad SMARTS) is 1. The van der Waals surface area contributed by atoms with Gasteiger partial charge in [0, 0.05) is 35.4 Å². The molecule has 12 heterocycles. The number of H-pyrrole nitrogens is 1. The number of thiazole rings is 3. The molecule has 7 atom stereocenters. The molecule has 0 spiro atoms. The number of ether oxygens (including phenoxy) is 2. The Balaban J connectivity index is 0.000000155. The van der Waals surface area contributed by atoms with Gasteiger partial charge in [0.05, 0.1) is 21.6 Å². The van der Waals surface area contributed by atoms with E-state index in [1.807, 2.05) is 121 Å². The first-order chi connectivity index (χ1) is 59.4. The van der Waals surface area contributed by atoms with E-state index in [-0.39, 0.29) is 106 Å². The van der Waals surface area contributed by atoms with Crippen molar-refractivity contribution < 1.29 is 67.1 Å². The number of oxime groups is 1. The Bertz CT molecular complexity index is 6050. The molecular formula is C70H58Cl4N24O14S12. The van der Waals surface area contributed by atoms with Crippen molar-refractivity contribution in [3.05, 3.63) is 210 Å². The third kappa shape index (κ3) is 20.0. The van der Waals surface area contributed by atoms with Crippen LogP contribution >= 0.6 is 174 Å². The Hall–Kier alpha value is -10.6. The second kappa shape index (κ2) is 40.2. The summed E-state index contributed by atoms with van der Waals surface area (Å²) < 4.78 is 26.8. The van der Waals surface area contributed by atoms with Gasteiger partial charge in [0.2, 0.25) is 15.4 Å². The van der Waals surface area contributed by atoms with Crippen molar-refractivity contribution in [2.75, 3.05) is 65.8 Å². The van der Waals surface area contributed by atoms with E-state index in [0.29, 0.717) is 28.4 Å². The highest BCUT2D eigenvalue weighted by atomic mass is 35.5. The number of esters is 2. The molecule has 54 heteroatoms. The fourth-order valence-electron chi connectivity index (χ4n) is 12.4. The van der Waals surface area contributed by atoms with Crippen LogP contribution in [0, 0.1) is 3.95 Å². The highest BCUT2D eigenvalue weighted by molar-refractivity contribution is 8.07. The SMILES string of the molecule is CN=C(C(=O)N[C@@H]1C(=O)N2C(C(=O)OC(c3ccccc3)c3ccccc3)=C(Cl)CSC12)c1nc(N)sc1Cl.CN=C(C(=O)N[C@@H]1C(=O)N2C(C(=O)OC(c3ccccc3)c3ccccc3)=C(Sc3nnc(N)s3)CSC12)c1nc(N)sc1Cl.Nc1n[nH]c(=S)s1.Nc1nnc(SC2=C(C(=O)O)N3C(=O)[C@@H](NC(=O)/C(=N\O)c4nc(N)sc4Cl)C3[S@@](=O)C2)s1. The Labute approximate surface area is 767 Å². The van der Waals surface area contributed by atoms with E-state index in [9.17, 15) is 57.7 Å². The molecule has 3 unspecified atom stereocenters. The number of nitrogens with two attached hydrogens (primary N) is 6. The van der Waals surface area contributed by atoms with Gasteiger partial charge in [0.15, 0.2) is 57.4 Å². The number of nitrogens with one attached hydrogen (secondary N) is 4. The third-order valence-electron chi connectivity index (χ3n) is 17.6. The molecule has 10 aromatic rings. The van der Waals surface area contributed by atoms with Gasteiger partial charge in [-0.2, -0.15) is 0 Å². The van der Waals surface area contributed by atoms with Gasteiger partial charge in [-0.25, -0.2) is 29.3 Å². The maximum Gasteiger partial charge on any atom is 0.357 e. The summed E-state index contributed by atoms with van der Waals surface area (Å²) in [5.74, 6) is -6.58. The van der Waals surface area contributed by atoms with E-state index >= 15 is 0 Å². The highest BCUT2D eigenvalue weighted by Gasteiger charge is 2.59. The van der Waals surface area contributed by atoms with Gasteiger partial charge < -0.3 is 70.1 Å². The summed E-state index contributed by atoms with van der Waals surface area (Å²) in [6.45, 7) is 0. The molecule has 18 N–H and O–H groups in total. The van der Waals surface area contributed by atoms with Crippen molar-refractivity contribution in [2.45, 2.75) is 55.1 Å². The molecular weight excluding hydrogens is 1930 g/mol. The van der Waals surface area contributed by atoms with E-state index in [1.165, 1.54) is 70.5 Å². The van der Waals surface area contributed by atoms with Gasteiger partial charge in [0.25, 0.3) is 35.4 Å². The summed E-state index contributed by atoms with van der Waals surface area (Å²) in [7, 11) is 1.05. The van der Waals surface area contributed by atoms with Crippen molar-refractivity contribution in [1.29, 1.82) is 0 Å². The van der Waals surface area contributed by atoms with Crippen molar-refractivity contribution in [1.82, 2.24) is 76.2 Å². The number of hydrogen-bond donors (Lipinski definition) is 12. The molecule has 3 fully saturated rings. The first kappa shape index (κ1) is 91.1. The van der Waals surface area contributed by atoms with Crippen molar-refractivity contribution in [2.24, 2.45) is 15.1 Å². The van der Waals surface area contributed by atoms with Crippen LogP contribution in [0.15, 0.2) is 177 Å². The predicted molar refractivity (Wildman–Crippen MR) is 482 cm³/mol. The van der Waals surface area contributed by atoms with Crippen molar-refractivity contribution in [3.8, 4) is 0 Å². The molecule has 0 saturated carbocycles. The Morgan fingerprint density at radius 1 is 0.524 bits per heavy atom. The minimum Gasteiger partial charge on any atom is -0.477 e. The number of nitrogens with zero attached hydrogens (tertiary/aromatic N) is 14. The van der Waals surface area contributed by atoms with Gasteiger partial charge >= 0.3 is 17.9 Å². The molecule has 6 aromatic heterocycles. The normalized spacial score (nSPS) is 19.1. The van der Waals surface area contributed by atoms with E-state index < -0.39 is 116 Å².